The summed E-state index contributed by atoms with van der Waals surface area (Å²) in [5, 5.41) is 18.9. The van der Waals surface area contributed by atoms with Crippen LogP contribution in [0.2, 0.25) is 0 Å². The molecule has 4 nitrogen and oxygen atoms in total. The van der Waals surface area contributed by atoms with E-state index < -0.39 is 17.7 Å². The summed E-state index contributed by atoms with van der Waals surface area (Å²) in [5.74, 6) is -0.699. The highest BCUT2D eigenvalue weighted by atomic mass is 16.6. The summed E-state index contributed by atoms with van der Waals surface area (Å²) in [6, 6.07) is 0. The average Bonchev–Trinajstić information content (AvgIpc) is 2.34. The van der Waals surface area contributed by atoms with Crippen LogP contribution in [-0.4, -0.2) is 34.5 Å². The number of hydrogen-bond acceptors (Lipinski definition) is 4. The van der Waals surface area contributed by atoms with Gasteiger partial charge in [-0.25, -0.2) is 4.79 Å². The van der Waals surface area contributed by atoms with Gasteiger partial charge in [0.25, 0.3) is 0 Å². The molecule has 12 heavy (non-hydrogen) atoms. The summed E-state index contributed by atoms with van der Waals surface area (Å²) in [6.07, 6.45) is 0.468. The van der Waals surface area contributed by atoms with E-state index in [1.54, 1.807) is 6.92 Å². The monoisotopic (exact) mass is 174 g/mol. The Balaban J connectivity index is 2.63. The van der Waals surface area contributed by atoms with Crippen molar-refractivity contribution in [2.24, 2.45) is 0 Å². The van der Waals surface area contributed by atoms with Crippen molar-refractivity contribution in [1.29, 1.82) is 0 Å². The predicted octanol–water partition coefficient (Wildman–Crippen LogP) is -0.175. The van der Waals surface area contributed by atoms with E-state index >= 15 is 0 Å². The fourth-order valence-electron chi connectivity index (χ4n) is 1.46. The molecule has 0 amide bonds. The Morgan fingerprint density at radius 2 is 2.42 bits per heavy atom. The van der Waals surface area contributed by atoms with Crippen molar-refractivity contribution in [2.75, 3.05) is 6.61 Å². The molecule has 1 aliphatic rings. The number of aliphatic hydroxyl groups excluding tert-OH is 1. The first kappa shape index (κ1) is 9.48. The van der Waals surface area contributed by atoms with Crippen LogP contribution in [0.15, 0.2) is 0 Å². The molecule has 0 aromatic rings. The van der Waals surface area contributed by atoms with Crippen LogP contribution >= 0.6 is 0 Å². The van der Waals surface area contributed by atoms with Gasteiger partial charge in [-0.3, -0.25) is 0 Å². The second-order valence-electron chi connectivity index (χ2n) is 3.05. The number of ether oxygens (including phenoxy) is 1. The number of hydrogen-bond donors (Lipinski definition) is 2. The van der Waals surface area contributed by atoms with E-state index in [1.807, 2.05) is 0 Å². The number of aliphatic hydroxyl groups is 2. The maximum Gasteiger partial charge on any atom is 0.340 e. The van der Waals surface area contributed by atoms with Crippen LogP contribution in [0, 0.1) is 0 Å². The van der Waals surface area contributed by atoms with Crippen LogP contribution in [0.25, 0.3) is 0 Å². The number of carbonyl (C=O) groups is 1. The first-order valence-electron chi connectivity index (χ1n) is 4.19. The lowest BCUT2D eigenvalue weighted by Gasteiger charge is -2.23. The summed E-state index contributed by atoms with van der Waals surface area (Å²) >= 11 is 0. The number of esters is 1. The lowest BCUT2D eigenvalue weighted by Crippen LogP contribution is -2.46. The van der Waals surface area contributed by atoms with Crippen molar-refractivity contribution in [3.05, 3.63) is 0 Å². The Labute approximate surface area is 71.2 Å². The third kappa shape index (κ3) is 1.44. The highest BCUT2D eigenvalue weighted by molar-refractivity contribution is 5.80. The molecule has 70 valence electrons. The zero-order valence-corrected chi connectivity index (χ0v) is 7.12. The Hall–Kier alpha value is -0.610. The van der Waals surface area contributed by atoms with Gasteiger partial charge in [0.2, 0.25) is 0 Å². The first-order valence-corrected chi connectivity index (χ1v) is 4.19. The molecule has 4 heteroatoms. The minimum atomic E-state index is -1.64. The van der Waals surface area contributed by atoms with Gasteiger partial charge in [0.1, 0.15) is 0 Å². The summed E-state index contributed by atoms with van der Waals surface area (Å²) in [5.41, 5.74) is -1.64. The molecule has 1 aliphatic carbocycles. The highest BCUT2D eigenvalue weighted by Crippen LogP contribution is 2.30. The SMILES string of the molecule is CCOC(=O)[C@@]1(O)CCC[C@@H]1O. The Kier molecular flexibility index (Phi) is 2.69. The van der Waals surface area contributed by atoms with E-state index in [-0.39, 0.29) is 6.61 Å². The van der Waals surface area contributed by atoms with Gasteiger partial charge in [-0.05, 0) is 26.2 Å². The van der Waals surface area contributed by atoms with E-state index in [4.69, 9.17) is 0 Å². The van der Waals surface area contributed by atoms with Crippen molar-refractivity contribution >= 4 is 5.97 Å². The molecular formula is C8H14O4. The normalized spacial score (nSPS) is 35.1. The average molecular weight is 174 g/mol. The molecule has 0 aromatic heterocycles. The quantitative estimate of drug-likeness (QED) is 0.570. The Morgan fingerprint density at radius 3 is 2.83 bits per heavy atom. The standard InChI is InChI=1S/C8H14O4/c1-2-12-7(10)8(11)5-3-4-6(8)9/h6,9,11H,2-5H2,1H3/t6-,8+/m0/s1. The fourth-order valence-corrected chi connectivity index (χ4v) is 1.46. The van der Waals surface area contributed by atoms with E-state index in [1.165, 1.54) is 0 Å². The fraction of sp³-hybridized carbons (Fsp3) is 0.875. The zero-order chi connectivity index (χ0) is 9.19. The van der Waals surface area contributed by atoms with E-state index in [0.29, 0.717) is 19.3 Å². The van der Waals surface area contributed by atoms with Crippen molar-refractivity contribution < 1.29 is 19.7 Å². The van der Waals surface area contributed by atoms with Crippen molar-refractivity contribution in [3.63, 3.8) is 0 Å². The molecule has 0 spiro atoms. The Bertz CT molecular complexity index is 180. The van der Waals surface area contributed by atoms with E-state index in [9.17, 15) is 15.0 Å². The van der Waals surface area contributed by atoms with Gasteiger partial charge in [-0.15, -0.1) is 0 Å². The third-order valence-electron chi connectivity index (χ3n) is 2.22. The summed E-state index contributed by atoms with van der Waals surface area (Å²) in [4.78, 5) is 11.1. The molecule has 1 rings (SSSR count). The third-order valence-corrected chi connectivity index (χ3v) is 2.22. The van der Waals surface area contributed by atoms with E-state index in [0.717, 1.165) is 0 Å². The second-order valence-corrected chi connectivity index (χ2v) is 3.05. The molecule has 0 bridgehead atoms. The minimum absolute atomic E-state index is 0.230. The number of rotatable bonds is 2. The molecule has 1 fully saturated rings. The molecule has 1 saturated carbocycles. The predicted molar refractivity (Wildman–Crippen MR) is 41.4 cm³/mol. The van der Waals surface area contributed by atoms with Crippen LogP contribution in [0.1, 0.15) is 26.2 Å². The molecule has 0 heterocycles. The van der Waals surface area contributed by atoms with Gasteiger partial charge >= 0.3 is 5.97 Å². The molecule has 2 N–H and O–H groups in total. The largest absolute Gasteiger partial charge is 0.464 e. The lowest BCUT2D eigenvalue weighted by atomic mass is 10.0. The van der Waals surface area contributed by atoms with Gasteiger partial charge in [-0.1, -0.05) is 0 Å². The van der Waals surface area contributed by atoms with Crippen LogP contribution in [0.3, 0.4) is 0 Å². The summed E-state index contributed by atoms with van der Waals surface area (Å²) in [7, 11) is 0. The van der Waals surface area contributed by atoms with Crippen molar-refractivity contribution in [2.45, 2.75) is 37.9 Å². The highest BCUT2D eigenvalue weighted by Gasteiger charge is 2.48. The van der Waals surface area contributed by atoms with Crippen LogP contribution in [0.4, 0.5) is 0 Å². The van der Waals surface area contributed by atoms with Gasteiger partial charge in [0, 0.05) is 0 Å². The second kappa shape index (κ2) is 3.41. The maximum absolute atomic E-state index is 11.1. The zero-order valence-electron chi connectivity index (χ0n) is 7.12. The molecular weight excluding hydrogens is 160 g/mol. The smallest absolute Gasteiger partial charge is 0.340 e. The van der Waals surface area contributed by atoms with Crippen molar-refractivity contribution in [1.82, 2.24) is 0 Å². The van der Waals surface area contributed by atoms with Gasteiger partial charge in [-0.2, -0.15) is 0 Å². The summed E-state index contributed by atoms with van der Waals surface area (Å²) < 4.78 is 4.65. The molecule has 2 atom stereocenters. The molecule has 0 radical (unpaired) electrons. The molecule has 0 aromatic carbocycles. The first-order chi connectivity index (χ1) is 5.61. The Morgan fingerprint density at radius 1 is 1.75 bits per heavy atom. The van der Waals surface area contributed by atoms with Gasteiger partial charge in [0.05, 0.1) is 12.7 Å². The lowest BCUT2D eigenvalue weighted by molar-refractivity contribution is -0.173. The van der Waals surface area contributed by atoms with E-state index in [2.05, 4.69) is 4.74 Å². The summed E-state index contributed by atoms with van der Waals surface area (Å²) in [6.45, 7) is 1.90. The van der Waals surface area contributed by atoms with Crippen molar-refractivity contribution in [3.8, 4) is 0 Å². The molecule has 0 saturated heterocycles. The topological polar surface area (TPSA) is 66.8 Å². The van der Waals surface area contributed by atoms with Gasteiger partial charge in [0.15, 0.2) is 5.60 Å². The van der Waals surface area contributed by atoms with Gasteiger partial charge < -0.3 is 14.9 Å². The van der Waals surface area contributed by atoms with Crippen LogP contribution < -0.4 is 0 Å². The molecule has 0 unspecified atom stereocenters. The maximum atomic E-state index is 11.1. The minimum Gasteiger partial charge on any atom is -0.464 e. The van der Waals surface area contributed by atoms with Crippen LogP contribution in [0.5, 0.6) is 0 Å². The van der Waals surface area contributed by atoms with Crippen LogP contribution in [-0.2, 0) is 9.53 Å². The molecule has 0 aliphatic heterocycles. The number of carbonyl (C=O) groups excluding carboxylic acids is 1.